The summed E-state index contributed by atoms with van der Waals surface area (Å²) in [5.74, 6) is -0.472. The van der Waals surface area contributed by atoms with Gasteiger partial charge in [-0.3, -0.25) is 14.3 Å². The van der Waals surface area contributed by atoms with Crippen molar-refractivity contribution in [2.24, 2.45) is 5.92 Å². The van der Waals surface area contributed by atoms with Crippen molar-refractivity contribution in [3.8, 4) is 5.69 Å². The van der Waals surface area contributed by atoms with Crippen molar-refractivity contribution in [2.45, 2.75) is 25.6 Å². The Bertz CT molecular complexity index is 1380. The monoisotopic (exact) mass is 496 g/mol. The zero-order chi connectivity index (χ0) is 25.3. The van der Waals surface area contributed by atoms with E-state index in [0.717, 1.165) is 41.6 Å². The quantitative estimate of drug-likeness (QED) is 0.343. The number of hydrogen-bond donors (Lipinski definition) is 1. The molecular formula is C27H24F4N4O. The molecule has 186 valence electrons. The highest BCUT2D eigenvalue weighted by Crippen LogP contribution is 2.35. The normalized spacial score (nSPS) is 16.8. The van der Waals surface area contributed by atoms with Crippen LogP contribution in [0.1, 0.15) is 24.2 Å². The van der Waals surface area contributed by atoms with Crippen molar-refractivity contribution >= 4 is 22.6 Å². The van der Waals surface area contributed by atoms with Crippen molar-refractivity contribution < 1.29 is 22.4 Å². The van der Waals surface area contributed by atoms with Gasteiger partial charge >= 0.3 is 6.18 Å². The molecule has 1 atom stereocenters. The molecule has 2 heterocycles. The van der Waals surface area contributed by atoms with Crippen molar-refractivity contribution in [1.29, 1.82) is 0 Å². The molecule has 1 amide bonds. The van der Waals surface area contributed by atoms with Crippen LogP contribution in [0.2, 0.25) is 0 Å². The predicted octanol–water partition coefficient (Wildman–Crippen LogP) is 6.03. The summed E-state index contributed by atoms with van der Waals surface area (Å²) in [6, 6.07) is 18.8. The third-order valence-electron chi connectivity index (χ3n) is 6.45. The van der Waals surface area contributed by atoms with Crippen LogP contribution in [0.5, 0.6) is 0 Å². The van der Waals surface area contributed by atoms with Crippen molar-refractivity contribution in [2.75, 3.05) is 18.4 Å². The van der Waals surface area contributed by atoms with Gasteiger partial charge in [-0.1, -0.05) is 24.3 Å². The van der Waals surface area contributed by atoms with Crippen LogP contribution in [-0.2, 0) is 17.5 Å². The molecule has 0 spiro atoms. The standard InChI is InChI=1S/C27H24F4N4O/c28-19-11-13-20(14-12-19)35-24-10-4-3-9-23(24)32-25(35)17-34-15-5-6-18(16-34)26(36)33-22-8-2-1-7-21(22)27(29,30)31/h1-4,7-14,18H,5-6,15-17H2,(H,33,36)/t18-/m0/s1. The molecule has 0 aliphatic carbocycles. The van der Waals surface area contributed by atoms with E-state index in [0.29, 0.717) is 19.5 Å². The van der Waals surface area contributed by atoms with E-state index in [9.17, 15) is 22.4 Å². The summed E-state index contributed by atoms with van der Waals surface area (Å²) < 4.78 is 55.5. The average molecular weight is 497 g/mol. The molecule has 5 rings (SSSR count). The number of amides is 1. The summed E-state index contributed by atoms with van der Waals surface area (Å²) in [4.78, 5) is 19.8. The number of para-hydroxylation sites is 3. The molecular weight excluding hydrogens is 472 g/mol. The van der Waals surface area contributed by atoms with E-state index in [-0.39, 0.29) is 11.5 Å². The molecule has 0 bridgehead atoms. The number of nitrogens with zero attached hydrogens (tertiary/aromatic N) is 3. The number of halogens is 4. The van der Waals surface area contributed by atoms with Gasteiger partial charge < -0.3 is 5.32 Å². The van der Waals surface area contributed by atoms with Crippen LogP contribution in [0, 0.1) is 11.7 Å². The summed E-state index contributed by atoms with van der Waals surface area (Å²) in [5.41, 5.74) is 1.36. The molecule has 3 aromatic carbocycles. The van der Waals surface area contributed by atoms with Gasteiger partial charge in [0.15, 0.2) is 0 Å². The fourth-order valence-electron chi connectivity index (χ4n) is 4.75. The number of fused-ring (bicyclic) bond motifs is 1. The van der Waals surface area contributed by atoms with Crippen LogP contribution >= 0.6 is 0 Å². The zero-order valence-corrected chi connectivity index (χ0v) is 19.3. The van der Waals surface area contributed by atoms with Crippen LogP contribution in [0.15, 0.2) is 72.8 Å². The van der Waals surface area contributed by atoms with E-state index in [1.165, 1.54) is 30.3 Å². The van der Waals surface area contributed by atoms with Gasteiger partial charge in [-0.2, -0.15) is 13.2 Å². The lowest BCUT2D eigenvalue weighted by Gasteiger charge is -2.32. The van der Waals surface area contributed by atoms with Gasteiger partial charge in [0.2, 0.25) is 5.91 Å². The summed E-state index contributed by atoms with van der Waals surface area (Å²) in [6.07, 6.45) is -3.23. The SMILES string of the molecule is O=C(Nc1ccccc1C(F)(F)F)[C@H]1CCCN(Cc2nc3ccccc3n2-c2ccc(F)cc2)C1. The van der Waals surface area contributed by atoms with Crippen LogP contribution in [-0.4, -0.2) is 33.4 Å². The summed E-state index contributed by atoms with van der Waals surface area (Å²) in [7, 11) is 0. The Morgan fingerprint density at radius 3 is 2.50 bits per heavy atom. The first-order valence-corrected chi connectivity index (χ1v) is 11.7. The lowest BCUT2D eigenvalue weighted by atomic mass is 9.96. The highest BCUT2D eigenvalue weighted by atomic mass is 19.4. The third kappa shape index (κ3) is 4.97. The second-order valence-corrected chi connectivity index (χ2v) is 8.94. The molecule has 5 nitrogen and oxygen atoms in total. The predicted molar refractivity (Wildman–Crippen MR) is 129 cm³/mol. The van der Waals surface area contributed by atoms with Gasteiger partial charge in [0.25, 0.3) is 0 Å². The van der Waals surface area contributed by atoms with Gasteiger partial charge in [-0.05, 0) is 67.9 Å². The van der Waals surface area contributed by atoms with Gasteiger partial charge in [-0.25, -0.2) is 9.37 Å². The lowest BCUT2D eigenvalue weighted by molar-refractivity contribution is -0.137. The maximum atomic E-state index is 13.5. The Hall–Kier alpha value is -3.72. The van der Waals surface area contributed by atoms with E-state index in [1.807, 2.05) is 28.8 Å². The number of aromatic nitrogens is 2. The van der Waals surface area contributed by atoms with Gasteiger partial charge in [-0.15, -0.1) is 0 Å². The molecule has 0 unspecified atom stereocenters. The molecule has 36 heavy (non-hydrogen) atoms. The second-order valence-electron chi connectivity index (χ2n) is 8.94. The van der Waals surface area contributed by atoms with Gasteiger partial charge in [0, 0.05) is 12.2 Å². The minimum absolute atomic E-state index is 0.231. The third-order valence-corrected chi connectivity index (χ3v) is 6.45. The number of piperidine rings is 1. The molecule has 4 aromatic rings. The molecule has 1 saturated heterocycles. The van der Waals surface area contributed by atoms with E-state index in [4.69, 9.17) is 4.98 Å². The van der Waals surface area contributed by atoms with Crippen molar-refractivity contribution in [1.82, 2.24) is 14.5 Å². The Morgan fingerprint density at radius 1 is 1.00 bits per heavy atom. The van der Waals surface area contributed by atoms with E-state index in [1.54, 1.807) is 12.1 Å². The Labute approximate surface area is 205 Å². The highest BCUT2D eigenvalue weighted by molar-refractivity contribution is 5.93. The smallest absolute Gasteiger partial charge is 0.325 e. The number of carbonyl (C=O) groups excluding carboxylic acids is 1. The number of anilines is 1. The Morgan fingerprint density at radius 2 is 1.72 bits per heavy atom. The van der Waals surface area contributed by atoms with Crippen LogP contribution in [0.25, 0.3) is 16.7 Å². The van der Waals surface area contributed by atoms with E-state index < -0.39 is 23.6 Å². The van der Waals surface area contributed by atoms with Crippen molar-refractivity contribution in [3.63, 3.8) is 0 Å². The molecule has 0 radical (unpaired) electrons. The molecule has 1 aromatic heterocycles. The molecule has 1 fully saturated rings. The summed E-state index contributed by atoms with van der Waals surface area (Å²) in [6.45, 7) is 1.57. The Balaban J connectivity index is 1.36. The van der Waals surface area contributed by atoms with Crippen LogP contribution < -0.4 is 5.32 Å². The first-order valence-electron chi connectivity index (χ1n) is 11.7. The van der Waals surface area contributed by atoms with E-state index >= 15 is 0 Å². The molecule has 1 N–H and O–H groups in total. The largest absolute Gasteiger partial charge is 0.418 e. The number of alkyl halides is 3. The number of imidazole rings is 1. The van der Waals surface area contributed by atoms with Gasteiger partial charge in [0.1, 0.15) is 11.6 Å². The summed E-state index contributed by atoms with van der Waals surface area (Å²) >= 11 is 0. The van der Waals surface area contributed by atoms with E-state index in [2.05, 4.69) is 10.2 Å². The average Bonchev–Trinajstić information content (AvgIpc) is 3.22. The minimum atomic E-state index is -4.55. The van der Waals surface area contributed by atoms with Crippen molar-refractivity contribution in [3.05, 3.63) is 90.0 Å². The minimum Gasteiger partial charge on any atom is -0.325 e. The van der Waals surface area contributed by atoms with Crippen LogP contribution in [0.3, 0.4) is 0 Å². The number of nitrogens with one attached hydrogen (secondary N) is 1. The Kier molecular flexibility index (Phi) is 6.49. The number of likely N-dealkylation sites (tertiary alicyclic amines) is 1. The number of carbonyl (C=O) groups is 1. The van der Waals surface area contributed by atoms with Crippen LogP contribution in [0.4, 0.5) is 23.2 Å². The first-order chi connectivity index (χ1) is 17.3. The molecule has 0 saturated carbocycles. The maximum Gasteiger partial charge on any atom is 0.418 e. The molecule has 1 aliphatic heterocycles. The first kappa shape index (κ1) is 24.0. The summed E-state index contributed by atoms with van der Waals surface area (Å²) in [5, 5.41) is 2.49. The second kappa shape index (κ2) is 9.73. The maximum absolute atomic E-state index is 13.5. The fraction of sp³-hybridized carbons (Fsp3) is 0.259. The van der Waals surface area contributed by atoms with Gasteiger partial charge in [0.05, 0.1) is 34.7 Å². The number of rotatable bonds is 5. The molecule has 9 heteroatoms. The fourth-order valence-corrected chi connectivity index (χ4v) is 4.75. The lowest BCUT2D eigenvalue weighted by Crippen LogP contribution is -2.40. The topological polar surface area (TPSA) is 50.2 Å². The zero-order valence-electron chi connectivity index (χ0n) is 19.3. The number of hydrogen-bond acceptors (Lipinski definition) is 3. The molecule has 1 aliphatic rings. The highest BCUT2D eigenvalue weighted by Gasteiger charge is 2.34. The number of benzene rings is 3.